The number of aliphatic imine (C=N–C) groups is 1. The molecule has 3 heterocycles. The Balaban J connectivity index is 0.000000293. The third-order valence-corrected chi connectivity index (χ3v) is 5.75. The molecule has 0 unspecified atom stereocenters. The molecule has 1 fully saturated rings. The number of thiophene rings is 1. The van der Waals surface area contributed by atoms with Gasteiger partial charge in [0.05, 0.1) is 5.56 Å². The van der Waals surface area contributed by atoms with Crippen LogP contribution in [0.4, 0.5) is 5.69 Å². The van der Waals surface area contributed by atoms with Crippen molar-refractivity contribution in [2.45, 2.75) is 6.92 Å². The van der Waals surface area contributed by atoms with Crippen LogP contribution in [0.15, 0.2) is 41.4 Å². The predicted molar refractivity (Wildman–Crippen MR) is 120 cm³/mol. The van der Waals surface area contributed by atoms with Gasteiger partial charge in [0.1, 0.15) is 11.5 Å². The van der Waals surface area contributed by atoms with Gasteiger partial charge in [-0.15, -0.1) is 11.3 Å². The zero-order valence-electron chi connectivity index (χ0n) is 17.0. The van der Waals surface area contributed by atoms with Gasteiger partial charge in [0, 0.05) is 48.2 Å². The van der Waals surface area contributed by atoms with E-state index in [4.69, 9.17) is 31.5 Å². The summed E-state index contributed by atoms with van der Waals surface area (Å²) in [4.78, 5) is 30.0. The number of hydrogen-bond acceptors (Lipinski definition) is 7. The largest absolute Gasteiger partial charge is 0.478 e. The van der Waals surface area contributed by atoms with Gasteiger partial charge < -0.3 is 24.7 Å². The maximum absolute atomic E-state index is 9.55. The van der Waals surface area contributed by atoms with Crippen molar-refractivity contribution < 1.29 is 24.5 Å². The van der Waals surface area contributed by atoms with Crippen molar-refractivity contribution >= 4 is 46.4 Å². The molecule has 164 valence electrons. The number of amidine groups is 1. The lowest BCUT2D eigenvalue weighted by atomic mass is 10.2. The summed E-state index contributed by atoms with van der Waals surface area (Å²) < 4.78 is 6.13. The topological polar surface area (TPSA) is 103 Å². The van der Waals surface area contributed by atoms with Crippen LogP contribution in [0.3, 0.4) is 0 Å². The van der Waals surface area contributed by atoms with Crippen LogP contribution < -0.4 is 4.74 Å². The number of benzene rings is 1. The van der Waals surface area contributed by atoms with Crippen LogP contribution >= 0.6 is 22.9 Å². The lowest BCUT2D eigenvalue weighted by Gasteiger charge is -2.34. The van der Waals surface area contributed by atoms with E-state index in [1.807, 2.05) is 18.2 Å². The Morgan fingerprint density at radius 1 is 1.13 bits per heavy atom. The fourth-order valence-corrected chi connectivity index (χ4v) is 4.09. The summed E-state index contributed by atoms with van der Waals surface area (Å²) in [6.07, 6.45) is 1.12. The highest BCUT2D eigenvalue weighted by molar-refractivity contribution is 7.14. The molecule has 1 aromatic carbocycles. The summed E-state index contributed by atoms with van der Waals surface area (Å²) in [6.45, 7) is 6.13. The molecule has 31 heavy (non-hydrogen) atoms. The number of likely N-dealkylation sites (N-methyl/N-ethyl adjacent to an activating group) is 1. The molecule has 10 heteroatoms. The standard InChI is InChI=1S/C17H18ClN3OS.C4H4O4/c1-11-9-13-16(21-7-5-20(2)6-8-21)19-14-10-12(18)3-4-15(14)22-17(13)23-11;5-3(6)1-2-4(7)8/h3-4,9-10H,5-8H2,1-2H3;1-2H,(H,5,6)(H,7,8)/b;2-1+. The molecule has 4 rings (SSSR count). The van der Waals surface area contributed by atoms with Gasteiger partial charge in [-0.3, -0.25) is 0 Å². The van der Waals surface area contributed by atoms with Crippen molar-refractivity contribution in [2.24, 2.45) is 4.99 Å². The smallest absolute Gasteiger partial charge is 0.328 e. The van der Waals surface area contributed by atoms with Crippen molar-refractivity contribution in [2.75, 3.05) is 33.2 Å². The van der Waals surface area contributed by atoms with E-state index in [2.05, 4.69) is 29.8 Å². The van der Waals surface area contributed by atoms with Crippen molar-refractivity contribution in [3.63, 3.8) is 0 Å². The Morgan fingerprint density at radius 2 is 1.77 bits per heavy atom. The summed E-state index contributed by atoms with van der Waals surface area (Å²) in [5, 5.41) is 17.2. The van der Waals surface area contributed by atoms with Crippen molar-refractivity contribution in [3.05, 3.63) is 51.9 Å². The molecule has 2 aliphatic heterocycles. The molecule has 0 amide bonds. The fraction of sp³-hybridized carbons (Fsp3) is 0.286. The van der Waals surface area contributed by atoms with Crippen molar-refractivity contribution in [1.29, 1.82) is 0 Å². The zero-order valence-corrected chi connectivity index (χ0v) is 18.6. The third kappa shape index (κ3) is 6.06. The summed E-state index contributed by atoms with van der Waals surface area (Å²) in [5.74, 6) is -0.750. The van der Waals surface area contributed by atoms with Crippen molar-refractivity contribution in [1.82, 2.24) is 9.80 Å². The van der Waals surface area contributed by atoms with Gasteiger partial charge in [0.15, 0.2) is 10.8 Å². The van der Waals surface area contributed by atoms with E-state index >= 15 is 0 Å². The highest BCUT2D eigenvalue weighted by Gasteiger charge is 2.26. The van der Waals surface area contributed by atoms with E-state index in [0.29, 0.717) is 17.2 Å². The Morgan fingerprint density at radius 3 is 2.39 bits per heavy atom. The van der Waals surface area contributed by atoms with E-state index < -0.39 is 11.9 Å². The molecule has 8 nitrogen and oxygen atoms in total. The number of ether oxygens (including phenoxy) is 1. The number of aliphatic carboxylic acids is 2. The zero-order chi connectivity index (χ0) is 22.5. The summed E-state index contributed by atoms with van der Waals surface area (Å²) in [7, 11) is 2.16. The first-order chi connectivity index (χ1) is 14.7. The molecule has 2 aliphatic rings. The Hall–Kier alpha value is -2.88. The van der Waals surface area contributed by atoms with E-state index in [-0.39, 0.29) is 0 Å². The second-order valence-electron chi connectivity index (χ2n) is 7.01. The summed E-state index contributed by atoms with van der Waals surface area (Å²) in [6, 6.07) is 7.78. The molecule has 0 bridgehead atoms. The number of hydrogen-bond donors (Lipinski definition) is 2. The lowest BCUT2D eigenvalue weighted by Crippen LogP contribution is -2.47. The number of halogens is 1. The molecule has 2 aromatic rings. The van der Waals surface area contributed by atoms with Gasteiger partial charge in [0.2, 0.25) is 0 Å². The molecule has 0 radical (unpaired) electrons. The number of carbonyl (C=O) groups is 2. The second kappa shape index (κ2) is 9.95. The van der Waals surface area contributed by atoms with Crippen molar-refractivity contribution in [3.8, 4) is 10.8 Å². The van der Waals surface area contributed by atoms with Gasteiger partial charge in [-0.1, -0.05) is 11.6 Å². The number of aryl methyl sites for hydroxylation is 1. The number of fused-ring (bicyclic) bond motifs is 2. The normalized spacial score (nSPS) is 15.7. The van der Waals surface area contributed by atoms with E-state index in [1.54, 1.807) is 11.3 Å². The van der Waals surface area contributed by atoms with Gasteiger partial charge in [-0.05, 0) is 38.2 Å². The van der Waals surface area contributed by atoms with Crippen LogP contribution in [-0.4, -0.2) is 71.0 Å². The van der Waals surface area contributed by atoms with Crippen LogP contribution in [0.1, 0.15) is 10.4 Å². The van der Waals surface area contributed by atoms with E-state index in [1.165, 1.54) is 4.88 Å². The minimum Gasteiger partial charge on any atom is -0.478 e. The highest BCUT2D eigenvalue weighted by Crippen LogP contribution is 2.43. The minimum absolute atomic E-state index is 0.558. The van der Waals surface area contributed by atoms with Gasteiger partial charge in [-0.2, -0.15) is 0 Å². The number of nitrogens with zero attached hydrogens (tertiary/aromatic N) is 3. The summed E-state index contributed by atoms with van der Waals surface area (Å²) in [5.41, 5.74) is 1.89. The Kier molecular flexibility index (Phi) is 7.32. The SMILES string of the molecule is Cc1cc2c(s1)Oc1ccc(Cl)cc1N=C2N1CCN(C)CC1.O=C(O)/C=C/C(=O)O. The highest BCUT2D eigenvalue weighted by atomic mass is 35.5. The average Bonchev–Trinajstić information content (AvgIpc) is 3.00. The molecule has 2 N–H and O–H groups in total. The first kappa shape index (κ1) is 22.8. The van der Waals surface area contributed by atoms with Gasteiger partial charge in [-0.25, -0.2) is 14.6 Å². The molecule has 0 saturated carbocycles. The van der Waals surface area contributed by atoms with Gasteiger partial charge in [0.25, 0.3) is 0 Å². The number of piperazine rings is 1. The van der Waals surface area contributed by atoms with E-state index in [9.17, 15) is 9.59 Å². The maximum Gasteiger partial charge on any atom is 0.328 e. The van der Waals surface area contributed by atoms with Gasteiger partial charge >= 0.3 is 11.9 Å². The Bertz CT molecular complexity index is 1030. The molecular formula is C21H22ClN3O5S. The molecule has 1 aromatic heterocycles. The molecule has 0 atom stereocenters. The summed E-state index contributed by atoms with van der Waals surface area (Å²) >= 11 is 7.82. The van der Waals surface area contributed by atoms with Crippen LogP contribution in [-0.2, 0) is 9.59 Å². The quantitative estimate of drug-likeness (QED) is 0.652. The first-order valence-corrected chi connectivity index (χ1v) is 10.7. The molecule has 0 spiro atoms. The molecular weight excluding hydrogens is 442 g/mol. The third-order valence-electron chi connectivity index (χ3n) is 4.58. The number of carboxylic acid groups (broad SMARTS) is 2. The first-order valence-electron chi connectivity index (χ1n) is 9.47. The second-order valence-corrected chi connectivity index (χ2v) is 8.66. The predicted octanol–water partition coefficient (Wildman–Crippen LogP) is 3.85. The number of rotatable bonds is 2. The number of carboxylic acids is 2. The van der Waals surface area contributed by atoms with Crippen LogP contribution in [0, 0.1) is 6.92 Å². The molecule has 1 saturated heterocycles. The monoisotopic (exact) mass is 463 g/mol. The maximum atomic E-state index is 9.55. The van der Waals surface area contributed by atoms with Crippen LogP contribution in [0.25, 0.3) is 0 Å². The van der Waals surface area contributed by atoms with Crippen LogP contribution in [0.5, 0.6) is 10.8 Å². The Labute approximate surface area is 188 Å². The lowest BCUT2D eigenvalue weighted by molar-refractivity contribution is -0.134. The fourth-order valence-electron chi connectivity index (χ4n) is 3.06. The van der Waals surface area contributed by atoms with Crippen LogP contribution in [0.2, 0.25) is 5.02 Å². The average molecular weight is 464 g/mol. The molecule has 0 aliphatic carbocycles. The van der Waals surface area contributed by atoms with E-state index in [0.717, 1.165) is 54.1 Å². The minimum atomic E-state index is -1.26.